The number of carbonyl (C=O) groups excluding carboxylic acids is 1. The van der Waals surface area contributed by atoms with Gasteiger partial charge >= 0.3 is 5.69 Å². The molecule has 1 heterocycles. The molecule has 0 unspecified atom stereocenters. The summed E-state index contributed by atoms with van der Waals surface area (Å²) < 4.78 is 1.11. The molecule has 3 N–H and O–H groups in total. The Morgan fingerprint density at radius 1 is 1.15 bits per heavy atom. The van der Waals surface area contributed by atoms with E-state index in [0.717, 1.165) is 10.1 Å². The largest absolute Gasteiger partial charge is 0.399 e. The van der Waals surface area contributed by atoms with Crippen LogP contribution < -0.4 is 11.4 Å². The molecule has 0 bridgehead atoms. The van der Waals surface area contributed by atoms with Crippen LogP contribution in [0.5, 0.6) is 0 Å². The highest BCUT2D eigenvalue weighted by molar-refractivity contribution is 6.01. The van der Waals surface area contributed by atoms with Gasteiger partial charge in [0.2, 0.25) is 0 Å². The number of carbonyl (C=O) groups is 1. The van der Waals surface area contributed by atoms with Gasteiger partial charge in [-0.1, -0.05) is 17.7 Å². The van der Waals surface area contributed by atoms with Crippen LogP contribution in [0.15, 0.2) is 47.3 Å². The van der Waals surface area contributed by atoms with Gasteiger partial charge in [-0.2, -0.15) is 0 Å². The number of nitrogen functional groups attached to an aromatic ring is 1. The number of hydrogen-bond acceptors (Lipinski definition) is 3. The van der Waals surface area contributed by atoms with Gasteiger partial charge in [-0.3, -0.25) is 4.79 Å². The fourth-order valence-corrected chi connectivity index (χ4v) is 2.15. The third-order valence-electron chi connectivity index (χ3n) is 3.21. The first-order chi connectivity index (χ1) is 9.56. The SMILES string of the molecule is Cc1ccc(C(=O)n2c(=O)[nH]c3ccc(N)cc32)cc1. The average molecular weight is 267 g/mol. The predicted octanol–water partition coefficient (Wildman–Crippen LogP) is 1.91. The van der Waals surface area contributed by atoms with Crippen LogP contribution >= 0.6 is 0 Å². The van der Waals surface area contributed by atoms with Gasteiger partial charge in [0.15, 0.2) is 0 Å². The number of aromatic nitrogens is 2. The minimum atomic E-state index is -0.462. The number of nitrogens with one attached hydrogen (secondary N) is 1. The molecule has 0 aliphatic rings. The molecule has 0 aliphatic carbocycles. The third-order valence-corrected chi connectivity index (χ3v) is 3.21. The van der Waals surface area contributed by atoms with E-state index >= 15 is 0 Å². The summed E-state index contributed by atoms with van der Waals surface area (Å²) in [5.41, 5.74) is 8.35. The summed E-state index contributed by atoms with van der Waals surface area (Å²) in [7, 11) is 0. The van der Waals surface area contributed by atoms with E-state index in [0.29, 0.717) is 22.3 Å². The number of hydrogen-bond donors (Lipinski definition) is 2. The summed E-state index contributed by atoms with van der Waals surface area (Å²) in [6.07, 6.45) is 0. The maximum atomic E-state index is 12.5. The minimum absolute atomic E-state index is 0.369. The fraction of sp³-hybridized carbons (Fsp3) is 0.0667. The van der Waals surface area contributed by atoms with E-state index in [1.54, 1.807) is 30.3 Å². The molecule has 0 spiro atoms. The second-order valence-electron chi connectivity index (χ2n) is 4.71. The smallest absolute Gasteiger partial charge is 0.333 e. The van der Waals surface area contributed by atoms with Crippen molar-refractivity contribution >= 4 is 22.6 Å². The van der Waals surface area contributed by atoms with Crippen molar-refractivity contribution in [3.8, 4) is 0 Å². The Kier molecular flexibility index (Phi) is 2.68. The van der Waals surface area contributed by atoms with Gasteiger partial charge in [0, 0.05) is 11.3 Å². The number of fused-ring (bicyclic) bond motifs is 1. The Morgan fingerprint density at radius 3 is 2.55 bits per heavy atom. The Morgan fingerprint density at radius 2 is 1.85 bits per heavy atom. The number of nitrogens with zero attached hydrogens (tertiary/aromatic N) is 1. The molecule has 100 valence electrons. The molecule has 0 aliphatic heterocycles. The molecule has 3 aromatic rings. The lowest BCUT2D eigenvalue weighted by Crippen LogP contribution is -2.24. The van der Waals surface area contributed by atoms with Crippen LogP contribution in [-0.4, -0.2) is 15.5 Å². The fourth-order valence-electron chi connectivity index (χ4n) is 2.15. The second kappa shape index (κ2) is 4.38. The van der Waals surface area contributed by atoms with Crippen molar-refractivity contribution in [1.29, 1.82) is 0 Å². The van der Waals surface area contributed by atoms with Crippen molar-refractivity contribution in [2.45, 2.75) is 6.92 Å². The molecule has 0 atom stereocenters. The number of benzene rings is 2. The van der Waals surface area contributed by atoms with Crippen LogP contribution in [0.2, 0.25) is 0 Å². The monoisotopic (exact) mass is 267 g/mol. The van der Waals surface area contributed by atoms with Gasteiger partial charge in [-0.15, -0.1) is 0 Å². The van der Waals surface area contributed by atoms with Crippen molar-refractivity contribution in [3.05, 3.63) is 64.1 Å². The molecule has 2 aromatic carbocycles. The van der Waals surface area contributed by atoms with Crippen LogP contribution in [0.3, 0.4) is 0 Å². The molecule has 0 fully saturated rings. The number of aromatic amines is 1. The molecule has 1 aromatic heterocycles. The first kappa shape index (κ1) is 12.2. The van der Waals surface area contributed by atoms with Crippen molar-refractivity contribution in [1.82, 2.24) is 9.55 Å². The summed E-state index contributed by atoms with van der Waals surface area (Å²) in [5, 5.41) is 0. The molecule has 0 radical (unpaired) electrons. The summed E-state index contributed by atoms with van der Waals surface area (Å²) in [5.74, 6) is -0.369. The Labute approximate surface area is 114 Å². The predicted molar refractivity (Wildman–Crippen MR) is 77.9 cm³/mol. The Hall–Kier alpha value is -2.82. The lowest BCUT2D eigenvalue weighted by atomic mass is 10.1. The number of nitrogens with two attached hydrogens (primary N) is 1. The Bertz CT molecular complexity index is 857. The van der Waals surface area contributed by atoms with E-state index in [-0.39, 0.29) is 5.91 Å². The summed E-state index contributed by atoms with van der Waals surface area (Å²) in [6, 6.07) is 12.1. The molecule has 3 rings (SSSR count). The molecular formula is C15H13N3O2. The van der Waals surface area contributed by atoms with E-state index < -0.39 is 5.69 Å². The number of rotatable bonds is 1. The highest BCUT2D eigenvalue weighted by Gasteiger charge is 2.15. The maximum Gasteiger partial charge on any atom is 0.333 e. The molecule has 5 heteroatoms. The molecule has 0 amide bonds. The van der Waals surface area contributed by atoms with Crippen molar-refractivity contribution in [2.75, 3.05) is 5.73 Å². The van der Waals surface area contributed by atoms with Gasteiger partial charge in [0.25, 0.3) is 5.91 Å². The van der Waals surface area contributed by atoms with Gasteiger partial charge in [0.1, 0.15) is 0 Å². The lowest BCUT2D eigenvalue weighted by molar-refractivity contribution is 0.0961. The molecule has 0 saturated heterocycles. The number of H-pyrrole nitrogens is 1. The summed E-state index contributed by atoms with van der Waals surface area (Å²) in [6.45, 7) is 1.94. The van der Waals surface area contributed by atoms with E-state index in [4.69, 9.17) is 5.73 Å². The molecule has 0 saturated carbocycles. The quantitative estimate of drug-likeness (QED) is 0.661. The highest BCUT2D eigenvalue weighted by atomic mass is 16.2. The average Bonchev–Trinajstić information content (AvgIpc) is 2.74. The highest BCUT2D eigenvalue weighted by Crippen LogP contribution is 2.15. The number of imidazole rings is 1. The normalized spacial score (nSPS) is 10.8. The number of aryl methyl sites for hydroxylation is 1. The van der Waals surface area contributed by atoms with Gasteiger partial charge < -0.3 is 10.7 Å². The first-order valence-electron chi connectivity index (χ1n) is 6.18. The van der Waals surface area contributed by atoms with E-state index in [1.807, 2.05) is 19.1 Å². The standard InChI is InChI=1S/C15H13N3O2/c1-9-2-4-10(5-3-9)14(19)18-13-8-11(16)6-7-12(13)17-15(18)20/h2-8H,16H2,1H3,(H,17,20). The lowest BCUT2D eigenvalue weighted by Gasteiger charge is -2.03. The summed E-state index contributed by atoms with van der Waals surface area (Å²) in [4.78, 5) is 27.1. The van der Waals surface area contributed by atoms with Gasteiger partial charge in [-0.05, 0) is 37.3 Å². The zero-order chi connectivity index (χ0) is 14.3. The zero-order valence-corrected chi connectivity index (χ0v) is 10.9. The van der Waals surface area contributed by atoms with E-state index in [1.165, 1.54) is 0 Å². The first-order valence-corrected chi connectivity index (χ1v) is 6.18. The second-order valence-corrected chi connectivity index (χ2v) is 4.71. The van der Waals surface area contributed by atoms with E-state index in [2.05, 4.69) is 4.98 Å². The van der Waals surface area contributed by atoms with Crippen LogP contribution in [0.1, 0.15) is 15.9 Å². The van der Waals surface area contributed by atoms with Gasteiger partial charge in [0.05, 0.1) is 11.0 Å². The minimum Gasteiger partial charge on any atom is -0.399 e. The van der Waals surface area contributed by atoms with Crippen LogP contribution in [0, 0.1) is 6.92 Å². The maximum absolute atomic E-state index is 12.5. The van der Waals surface area contributed by atoms with E-state index in [9.17, 15) is 9.59 Å². The van der Waals surface area contributed by atoms with Crippen molar-refractivity contribution in [2.24, 2.45) is 0 Å². The molecule has 5 nitrogen and oxygen atoms in total. The van der Waals surface area contributed by atoms with Crippen LogP contribution in [0.4, 0.5) is 5.69 Å². The van der Waals surface area contributed by atoms with Crippen LogP contribution in [-0.2, 0) is 0 Å². The molecule has 20 heavy (non-hydrogen) atoms. The van der Waals surface area contributed by atoms with Crippen LogP contribution in [0.25, 0.3) is 11.0 Å². The third kappa shape index (κ3) is 1.89. The van der Waals surface area contributed by atoms with Crippen molar-refractivity contribution in [3.63, 3.8) is 0 Å². The topological polar surface area (TPSA) is 80.9 Å². The summed E-state index contributed by atoms with van der Waals surface area (Å²) >= 11 is 0. The number of anilines is 1. The Balaban J connectivity index is 2.21. The van der Waals surface area contributed by atoms with Crippen molar-refractivity contribution < 1.29 is 4.79 Å². The van der Waals surface area contributed by atoms with Gasteiger partial charge in [-0.25, -0.2) is 9.36 Å². The zero-order valence-electron chi connectivity index (χ0n) is 10.9. The molecular weight excluding hydrogens is 254 g/mol.